The number of fused-ring (bicyclic) bond motifs is 1. The Balaban J connectivity index is 1.28. The fraction of sp³-hybridized carbons (Fsp3) is 0.481. The van der Waals surface area contributed by atoms with E-state index in [0.717, 1.165) is 61.4 Å². The Morgan fingerprint density at radius 3 is 2.49 bits per heavy atom. The molecule has 2 aliphatic rings. The van der Waals surface area contributed by atoms with E-state index in [9.17, 15) is 4.79 Å². The molecule has 1 aromatic carbocycles. The molecule has 0 bridgehead atoms. The molecule has 1 aliphatic carbocycles. The first kappa shape index (κ1) is 23.8. The number of carbonyl (C=O) groups excluding carboxylic acids is 1. The van der Waals surface area contributed by atoms with Crippen LogP contribution in [-0.2, 0) is 4.79 Å². The van der Waals surface area contributed by atoms with Crippen LogP contribution < -0.4 is 19.7 Å². The number of nitrogens with one attached hydrogen (secondary N) is 1. The second kappa shape index (κ2) is 10.4. The molecule has 8 heteroatoms. The monoisotopic (exact) mass is 496 g/mol. The van der Waals surface area contributed by atoms with Crippen LogP contribution in [0.4, 0.5) is 5.69 Å². The molecular formula is C27H33ClN4O3. The number of piperidine rings is 1. The number of rotatable bonds is 6. The minimum Gasteiger partial charge on any atom is -0.496 e. The molecular weight excluding hydrogens is 464 g/mol. The Kier molecular flexibility index (Phi) is 7.04. The van der Waals surface area contributed by atoms with Crippen LogP contribution in [0.3, 0.4) is 0 Å². The van der Waals surface area contributed by atoms with Gasteiger partial charge in [-0.05, 0) is 37.8 Å². The van der Waals surface area contributed by atoms with Gasteiger partial charge in [0.15, 0.2) is 0 Å². The number of amides is 1. The van der Waals surface area contributed by atoms with Gasteiger partial charge in [0, 0.05) is 60.8 Å². The van der Waals surface area contributed by atoms with Gasteiger partial charge in [-0.2, -0.15) is 0 Å². The molecule has 35 heavy (non-hydrogen) atoms. The number of benzene rings is 1. The molecule has 2 fully saturated rings. The Morgan fingerprint density at radius 1 is 1.03 bits per heavy atom. The van der Waals surface area contributed by atoms with Crippen LogP contribution in [0.2, 0.25) is 5.02 Å². The number of anilines is 1. The summed E-state index contributed by atoms with van der Waals surface area (Å²) in [5, 5.41) is 3.82. The van der Waals surface area contributed by atoms with Crippen LogP contribution in [-0.4, -0.2) is 48.6 Å². The number of hydrogen-bond acceptors (Lipinski definition) is 5. The van der Waals surface area contributed by atoms with Crippen molar-refractivity contribution >= 4 is 28.8 Å². The molecule has 3 aromatic rings. The van der Waals surface area contributed by atoms with E-state index in [1.807, 2.05) is 22.9 Å². The number of methoxy groups -OCH3 is 2. The van der Waals surface area contributed by atoms with Gasteiger partial charge in [0.2, 0.25) is 5.91 Å². The molecule has 3 heterocycles. The molecule has 2 aromatic heterocycles. The lowest BCUT2D eigenvalue weighted by molar-refractivity contribution is -0.126. The van der Waals surface area contributed by atoms with E-state index < -0.39 is 0 Å². The zero-order chi connectivity index (χ0) is 24.4. The van der Waals surface area contributed by atoms with Gasteiger partial charge >= 0.3 is 0 Å². The van der Waals surface area contributed by atoms with Crippen molar-refractivity contribution in [3.8, 4) is 22.8 Å². The molecule has 0 radical (unpaired) electrons. The molecule has 1 saturated carbocycles. The summed E-state index contributed by atoms with van der Waals surface area (Å²) in [5.41, 5.74) is 3.57. The predicted octanol–water partition coefficient (Wildman–Crippen LogP) is 5.34. The van der Waals surface area contributed by atoms with Crippen LogP contribution in [0.5, 0.6) is 11.5 Å². The highest BCUT2D eigenvalue weighted by atomic mass is 35.5. The molecule has 5 rings (SSSR count). The van der Waals surface area contributed by atoms with Gasteiger partial charge in [-0.15, -0.1) is 0 Å². The quantitative estimate of drug-likeness (QED) is 0.499. The third-order valence-electron chi connectivity index (χ3n) is 7.38. The van der Waals surface area contributed by atoms with Gasteiger partial charge in [-0.25, -0.2) is 4.98 Å². The van der Waals surface area contributed by atoms with Crippen molar-refractivity contribution in [2.24, 2.45) is 5.92 Å². The summed E-state index contributed by atoms with van der Waals surface area (Å²) in [5.74, 6) is 1.58. The number of halogens is 1. The molecule has 1 N–H and O–H groups in total. The lowest BCUT2D eigenvalue weighted by Gasteiger charge is -2.34. The summed E-state index contributed by atoms with van der Waals surface area (Å²) in [4.78, 5) is 20.0. The Bertz CT molecular complexity index is 1200. The van der Waals surface area contributed by atoms with Gasteiger partial charge in [0.05, 0.1) is 24.9 Å². The average molecular weight is 497 g/mol. The Morgan fingerprint density at radius 2 is 1.77 bits per heavy atom. The predicted molar refractivity (Wildman–Crippen MR) is 139 cm³/mol. The van der Waals surface area contributed by atoms with Crippen molar-refractivity contribution in [2.75, 3.05) is 32.2 Å². The maximum atomic E-state index is 12.8. The Labute approximate surface area is 211 Å². The van der Waals surface area contributed by atoms with E-state index in [0.29, 0.717) is 22.6 Å². The van der Waals surface area contributed by atoms with Gasteiger partial charge < -0.3 is 24.1 Å². The van der Waals surface area contributed by atoms with E-state index in [4.69, 9.17) is 26.1 Å². The number of pyridine rings is 1. The summed E-state index contributed by atoms with van der Waals surface area (Å²) in [6.45, 7) is 1.74. The molecule has 0 unspecified atom stereocenters. The number of carbonyl (C=O) groups is 1. The molecule has 7 nitrogen and oxygen atoms in total. The van der Waals surface area contributed by atoms with Crippen molar-refractivity contribution < 1.29 is 14.3 Å². The summed E-state index contributed by atoms with van der Waals surface area (Å²) < 4.78 is 12.9. The van der Waals surface area contributed by atoms with Crippen molar-refractivity contribution in [1.29, 1.82) is 0 Å². The lowest BCUT2D eigenvalue weighted by Crippen LogP contribution is -2.44. The van der Waals surface area contributed by atoms with Gasteiger partial charge in [0.1, 0.15) is 17.1 Å². The number of ether oxygens (including phenoxy) is 2. The molecule has 1 amide bonds. The largest absolute Gasteiger partial charge is 0.496 e. The topological polar surface area (TPSA) is 68.1 Å². The normalized spacial score (nSPS) is 17.5. The van der Waals surface area contributed by atoms with E-state index in [2.05, 4.69) is 22.3 Å². The van der Waals surface area contributed by atoms with Crippen molar-refractivity contribution in [1.82, 2.24) is 14.7 Å². The van der Waals surface area contributed by atoms with E-state index in [1.165, 1.54) is 19.3 Å². The van der Waals surface area contributed by atoms with Crippen LogP contribution in [0, 0.1) is 5.92 Å². The highest BCUT2D eigenvalue weighted by Crippen LogP contribution is 2.38. The molecule has 1 aliphatic heterocycles. The lowest BCUT2D eigenvalue weighted by atomic mass is 9.92. The zero-order valence-corrected chi connectivity index (χ0v) is 21.2. The third-order valence-corrected chi connectivity index (χ3v) is 7.67. The number of imidazole rings is 1. The summed E-state index contributed by atoms with van der Waals surface area (Å²) in [7, 11) is 3.21. The molecule has 0 atom stereocenters. The van der Waals surface area contributed by atoms with Crippen LogP contribution >= 0.6 is 11.6 Å². The number of aromatic nitrogens is 2. The minimum absolute atomic E-state index is 0.113. The maximum absolute atomic E-state index is 12.8. The third kappa shape index (κ3) is 5.06. The van der Waals surface area contributed by atoms with Crippen molar-refractivity contribution in [3.63, 3.8) is 0 Å². The zero-order valence-electron chi connectivity index (χ0n) is 20.4. The van der Waals surface area contributed by atoms with E-state index in [-0.39, 0.29) is 11.8 Å². The van der Waals surface area contributed by atoms with Gasteiger partial charge in [0.25, 0.3) is 0 Å². The highest BCUT2D eigenvalue weighted by Gasteiger charge is 2.27. The first-order valence-corrected chi connectivity index (χ1v) is 12.9. The SMILES string of the molecule is COc1cc(OC)c(-c2cn3ccc(N4CCC(C(=O)NC5CCCCC5)CC4)cc3n2)cc1Cl. The average Bonchev–Trinajstić information content (AvgIpc) is 3.32. The van der Waals surface area contributed by atoms with Crippen LogP contribution in [0.15, 0.2) is 36.7 Å². The fourth-order valence-corrected chi connectivity index (χ4v) is 5.56. The van der Waals surface area contributed by atoms with Crippen molar-refractivity contribution in [3.05, 3.63) is 41.7 Å². The van der Waals surface area contributed by atoms with Gasteiger partial charge in [-0.3, -0.25) is 4.79 Å². The molecule has 1 saturated heterocycles. The summed E-state index contributed by atoms with van der Waals surface area (Å²) in [6.07, 6.45) is 11.8. The Hall–Kier alpha value is -2.93. The summed E-state index contributed by atoms with van der Waals surface area (Å²) >= 11 is 6.37. The standard InChI is InChI=1S/C27H33ClN4O3/c1-34-24-16-25(35-2)22(28)15-21(24)23-17-32-13-10-20(14-26(32)30-23)31-11-8-18(9-12-31)27(33)29-19-6-4-3-5-7-19/h10,13-19H,3-9,11-12H2,1-2H3,(H,29,33). The first-order chi connectivity index (χ1) is 17.1. The van der Waals surface area contributed by atoms with Crippen LogP contribution in [0.25, 0.3) is 16.9 Å². The molecule has 0 spiro atoms. The maximum Gasteiger partial charge on any atom is 0.223 e. The first-order valence-electron chi connectivity index (χ1n) is 12.5. The fourth-order valence-electron chi connectivity index (χ4n) is 5.32. The van der Waals surface area contributed by atoms with Crippen LogP contribution in [0.1, 0.15) is 44.9 Å². The second-order valence-corrected chi connectivity index (χ2v) is 9.98. The molecule has 186 valence electrons. The number of hydrogen-bond donors (Lipinski definition) is 1. The second-order valence-electron chi connectivity index (χ2n) is 9.57. The summed E-state index contributed by atoms with van der Waals surface area (Å²) in [6, 6.07) is 8.19. The highest BCUT2D eigenvalue weighted by molar-refractivity contribution is 6.32. The van der Waals surface area contributed by atoms with Gasteiger partial charge in [-0.1, -0.05) is 30.9 Å². The minimum atomic E-state index is 0.113. The number of nitrogens with zero attached hydrogens (tertiary/aromatic N) is 3. The van der Waals surface area contributed by atoms with Crippen molar-refractivity contribution in [2.45, 2.75) is 51.0 Å². The smallest absolute Gasteiger partial charge is 0.223 e. The van der Waals surface area contributed by atoms with E-state index in [1.54, 1.807) is 20.3 Å². The van der Waals surface area contributed by atoms with E-state index >= 15 is 0 Å².